The van der Waals surface area contributed by atoms with E-state index in [4.69, 9.17) is 4.74 Å². The van der Waals surface area contributed by atoms with Crippen LogP contribution in [0.5, 0.6) is 0 Å². The van der Waals surface area contributed by atoms with Gasteiger partial charge in [0.1, 0.15) is 12.6 Å². The number of carbonyl (C=O) groups is 3. The Morgan fingerprint density at radius 3 is 2.32 bits per heavy atom. The monoisotopic (exact) mass is 462 g/mol. The van der Waals surface area contributed by atoms with Crippen LogP contribution < -0.4 is 5.32 Å². The van der Waals surface area contributed by atoms with Crippen LogP contribution in [0, 0.1) is 11.8 Å². The van der Waals surface area contributed by atoms with E-state index in [1.807, 2.05) is 24.3 Å². The van der Waals surface area contributed by atoms with Crippen LogP contribution in [0.1, 0.15) is 49.7 Å². The number of amides is 2. The molecular weight excluding hydrogens is 432 g/mol. The van der Waals surface area contributed by atoms with Gasteiger partial charge in [0.2, 0.25) is 5.91 Å². The number of alkyl carbamates (subject to hydrolysis) is 1. The number of benzene rings is 2. The Kier molecular flexibility index (Phi) is 6.02. The minimum atomic E-state index is -0.789. The minimum absolute atomic E-state index is 0.0429. The molecule has 2 aromatic carbocycles. The van der Waals surface area contributed by atoms with Crippen LogP contribution in [0.4, 0.5) is 4.79 Å². The number of aliphatic carboxylic acids is 1. The lowest BCUT2D eigenvalue weighted by Crippen LogP contribution is -2.50. The number of carboxylic acids is 1. The zero-order valence-electron chi connectivity index (χ0n) is 19.3. The summed E-state index contributed by atoms with van der Waals surface area (Å²) in [5, 5.41) is 12.1. The number of rotatable bonds is 5. The molecule has 0 radical (unpaired) electrons. The quantitative estimate of drug-likeness (QED) is 0.700. The first-order chi connectivity index (χ1) is 16.4. The van der Waals surface area contributed by atoms with Gasteiger partial charge in [0.25, 0.3) is 0 Å². The van der Waals surface area contributed by atoms with E-state index in [2.05, 4.69) is 29.6 Å². The first-order valence-corrected chi connectivity index (χ1v) is 12.1. The number of carboxylic acid groups (broad SMARTS) is 1. The average Bonchev–Trinajstić information content (AvgIpc) is 3.41. The minimum Gasteiger partial charge on any atom is -0.481 e. The molecule has 1 saturated heterocycles. The molecule has 0 aromatic heterocycles. The molecule has 7 heteroatoms. The van der Waals surface area contributed by atoms with Crippen LogP contribution >= 0.6 is 0 Å². The number of ether oxygens (including phenoxy) is 1. The molecule has 0 spiro atoms. The highest BCUT2D eigenvalue weighted by Crippen LogP contribution is 2.44. The van der Waals surface area contributed by atoms with Crippen LogP contribution in [0.15, 0.2) is 48.5 Å². The molecule has 4 atom stereocenters. The molecule has 2 amide bonds. The number of hydrogen-bond acceptors (Lipinski definition) is 4. The van der Waals surface area contributed by atoms with Crippen LogP contribution in [-0.2, 0) is 14.3 Å². The van der Waals surface area contributed by atoms with Gasteiger partial charge in [0.15, 0.2) is 0 Å². The summed E-state index contributed by atoms with van der Waals surface area (Å²) in [6.45, 7) is 2.46. The third kappa shape index (κ3) is 4.04. The molecule has 1 saturated carbocycles. The van der Waals surface area contributed by atoms with E-state index in [-0.39, 0.29) is 24.5 Å². The summed E-state index contributed by atoms with van der Waals surface area (Å²) in [7, 11) is 0. The maximum absolute atomic E-state index is 13.1. The van der Waals surface area contributed by atoms with Crippen molar-refractivity contribution in [3.63, 3.8) is 0 Å². The van der Waals surface area contributed by atoms with Gasteiger partial charge in [-0.1, -0.05) is 48.5 Å². The first-order valence-electron chi connectivity index (χ1n) is 12.1. The van der Waals surface area contributed by atoms with Gasteiger partial charge < -0.3 is 20.1 Å². The second kappa shape index (κ2) is 9.12. The number of nitrogens with zero attached hydrogens (tertiary/aromatic N) is 1. The Hall–Kier alpha value is -3.35. The van der Waals surface area contributed by atoms with E-state index in [1.165, 1.54) is 0 Å². The van der Waals surface area contributed by atoms with E-state index in [1.54, 1.807) is 11.8 Å². The number of nitrogens with one attached hydrogen (secondary N) is 1. The van der Waals surface area contributed by atoms with Crippen LogP contribution in [0.3, 0.4) is 0 Å². The molecule has 2 aromatic rings. The third-order valence-corrected chi connectivity index (χ3v) is 7.78. The summed E-state index contributed by atoms with van der Waals surface area (Å²) in [5.41, 5.74) is 4.58. The van der Waals surface area contributed by atoms with Crippen molar-refractivity contribution >= 4 is 18.0 Å². The molecule has 1 aliphatic heterocycles. The van der Waals surface area contributed by atoms with E-state index >= 15 is 0 Å². The Labute approximate surface area is 199 Å². The molecule has 0 bridgehead atoms. The van der Waals surface area contributed by atoms with E-state index in [0.29, 0.717) is 25.3 Å². The van der Waals surface area contributed by atoms with Crippen molar-refractivity contribution < 1.29 is 24.2 Å². The molecule has 2 N–H and O–H groups in total. The van der Waals surface area contributed by atoms with Gasteiger partial charge in [-0.3, -0.25) is 9.59 Å². The highest BCUT2D eigenvalue weighted by molar-refractivity contribution is 5.86. The van der Waals surface area contributed by atoms with Gasteiger partial charge in [-0.25, -0.2) is 4.79 Å². The Morgan fingerprint density at radius 1 is 1.03 bits per heavy atom. The fraction of sp³-hybridized carbons (Fsp3) is 0.444. The van der Waals surface area contributed by atoms with Crippen LogP contribution in [0.2, 0.25) is 0 Å². The predicted octanol–water partition coefficient (Wildman–Crippen LogP) is 4.02. The molecule has 7 nitrogen and oxygen atoms in total. The van der Waals surface area contributed by atoms with Gasteiger partial charge in [0, 0.05) is 18.5 Å². The van der Waals surface area contributed by atoms with E-state index < -0.39 is 24.0 Å². The molecule has 2 aliphatic carbocycles. The van der Waals surface area contributed by atoms with Crippen molar-refractivity contribution in [2.45, 2.75) is 50.6 Å². The lowest BCUT2D eigenvalue weighted by molar-refractivity contribution is -0.145. The van der Waals surface area contributed by atoms with Crippen molar-refractivity contribution in [1.29, 1.82) is 0 Å². The zero-order valence-corrected chi connectivity index (χ0v) is 19.3. The standard InChI is InChI=1S/C27H30N2O5/c1-16(25(30)29-13-12-17-10-11-18(26(31)32)14-24(17)29)28-27(33)34-15-23-21-8-4-2-6-19(21)20-7-3-5-9-22(20)23/h2-9,16-18,23-24H,10-15H2,1H3,(H,28,33)(H,31,32). The lowest BCUT2D eigenvalue weighted by Gasteiger charge is -2.35. The Bertz CT molecular complexity index is 1070. The number of carbonyl (C=O) groups excluding carboxylic acids is 2. The van der Waals surface area contributed by atoms with Gasteiger partial charge >= 0.3 is 12.1 Å². The van der Waals surface area contributed by atoms with Gasteiger partial charge in [-0.15, -0.1) is 0 Å². The largest absolute Gasteiger partial charge is 0.481 e. The van der Waals surface area contributed by atoms with Crippen molar-refractivity contribution in [2.24, 2.45) is 11.8 Å². The molecule has 178 valence electrons. The lowest BCUT2D eigenvalue weighted by atomic mass is 9.78. The normalized spacial score (nSPS) is 24.0. The third-order valence-electron chi connectivity index (χ3n) is 7.78. The summed E-state index contributed by atoms with van der Waals surface area (Å²) in [5.74, 6) is -1.06. The topological polar surface area (TPSA) is 95.9 Å². The van der Waals surface area contributed by atoms with E-state index in [0.717, 1.165) is 35.1 Å². The fourth-order valence-corrected chi connectivity index (χ4v) is 6.02. The summed E-state index contributed by atoms with van der Waals surface area (Å²) in [6.07, 6.45) is 2.26. The number of likely N-dealkylation sites (tertiary alicyclic amines) is 1. The fourth-order valence-electron chi connectivity index (χ4n) is 6.02. The van der Waals surface area contributed by atoms with Crippen molar-refractivity contribution in [1.82, 2.24) is 10.2 Å². The predicted molar refractivity (Wildman–Crippen MR) is 126 cm³/mol. The van der Waals surface area contributed by atoms with Crippen LogP contribution in [0.25, 0.3) is 11.1 Å². The molecule has 1 heterocycles. The van der Waals surface area contributed by atoms with E-state index in [9.17, 15) is 19.5 Å². The SMILES string of the molecule is CC(NC(=O)OCC1c2ccccc2-c2ccccc21)C(=O)N1CCC2CCC(C(=O)O)CC21. The molecule has 5 rings (SSSR count). The van der Waals surface area contributed by atoms with Gasteiger partial charge in [-0.2, -0.15) is 0 Å². The van der Waals surface area contributed by atoms with Gasteiger partial charge in [-0.05, 0) is 60.8 Å². The summed E-state index contributed by atoms with van der Waals surface area (Å²) < 4.78 is 5.58. The second-order valence-electron chi connectivity index (χ2n) is 9.69. The highest BCUT2D eigenvalue weighted by atomic mass is 16.5. The smallest absolute Gasteiger partial charge is 0.407 e. The maximum atomic E-state index is 13.1. The van der Waals surface area contributed by atoms with Crippen molar-refractivity contribution in [2.75, 3.05) is 13.2 Å². The molecule has 2 fully saturated rings. The maximum Gasteiger partial charge on any atom is 0.407 e. The molecule has 3 aliphatic rings. The number of fused-ring (bicyclic) bond motifs is 4. The van der Waals surface area contributed by atoms with Crippen molar-refractivity contribution in [3.8, 4) is 11.1 Å². The molecular formula is C27H30N2O5. The van der Waals surface area contributed by atoms with Gasteiger partial charge in [0.05, 0.1) is 5.92 Å². The van der Waals surface area contributed by atoms with Crippen molar-refractivity contribution in [3.05, 3.63) is 59.7 Å². The second-order valence-corrected chi connectivity index (χ2v) is 9.69. The summed E-state index contributed by atoms with van der Waals surface area (Å²) in [4.78, 5) is 38.9. The Balaban J connectivity index is 1.19. The molecule has 34 heavy (non-hydrogen) atoms. The Morgan fingerprint density at radius 2 is 1.68 bits per heavy atom. The number of hydrogen-bond donors (Lipinski definition) is 2. The summed E-state index contributed by atoms with van der Waals surface area (Å²) in [6, 6.07) is 15.5. The average molecular weight is 463 g/mol. The first kappa shape index (κ1) is 22.4. The van der Waals surface area contributed by atoms with Crippen LogP contribution in [-0.4, -0.2) is 53.2 Å². The molecule has 4 unspecified atom stereocenters. The zero-order chi connectivity index (χ0) is 23.8. The summed E-state index contributed by atoms with van der Waals surface area (Å²) >= 11 is 0. The highest BCUT2D eigenvalue weighted by Gasteiger charge is 2.43.